The summed E-state index contributed by atoms with van der Waals surface area (Å²) in [5.41, 5.74) is 1.71. The minimum absolute atomic E-state index is 0.158. The second kappa shape index (κ2) is 7.47. The zero-order chi connectivity index (χ0) is 18.7. The Bertz CT molecular complexity index is 815. The Morgan fingerprint density at radius 1 is 1.15 bits per heavy atom. The van der Waals surface area contributed by atoms with E-state index < -0.39 is 12.0 Å². The largest absolute Gasteiger partial charge is 0.493 e. The van der Waals surface area contributed by atoms with Crippen LogP contribution in [-0.2, 0) is 22.4 Å². The van der Waals surface area contributed by atoms with Crippen molar-refractivity contribution in [3.63, 3.8) is 0 Å². The lowest BCUT2D eigenvalue weighted by Gasteiger charge is -2.20. The third-order valence-corrected chi connectivity index (χ3v) is 4.42. The van der Waals surface area contributed by atoms with Crippen LogP contribution >= 0.6 is 0 Å². The Hall–Kier alpha value is -3.02. The van der Waals surface area contributed by atoms with E-state index in [4.69, 9.17) is 9.47 Å². The van der Waals surface area contributed by atoms with Gasteiger partial charge in [0.2, 0.25) is 5.91 Å². The van der Waals surface area contributed by atoms with E-state index in [1.54, 1.807) is 32.2 Å². The maximum absolute atomic E-state index is 12.4. The third-order valence-electron chi connectivity index (χ3n) is 4.42. The predicted molar refractivity (Wildman–Crippen MR) is 95.6 cm³/mol. The highest BCUT2D eigenvalue weighted by Gasteiger charge is 2.24. The van der Waals surface area contributed by atoms with Gasteiger partial charge >= 0.3 is 5.97 Å². The number of ether oxygens (including phenoxy) is 2. The van der Waals surface area contributed by atoms with Crippen LogP contribution in [0.1, 0.15) is 18.1 Å². The van der Waals surface area contributed by atoms with Crippen molar-refractivity contribution in [2.75, 3.05) is 7.11 Å². The van der Waals surface area contributed by atoms with Gasteiger partial charge in [-0.2, -0.15) is 0 Å². The number of nitrogens with one attached hydrogen (secondary N) is 1. The first-order chi connectivity index (χ1) is 12.5. The van der Waals surface area contributed by atoms with E-state index in [1.807, 2.05) is 24.3 Å². The second-order valence-corrected chi connectivity index (χ2v) is 6.44. The Labute approximate surface area is 151 Å². The molecule has 6 heteroatoms. The summed E-state index contributed by atoms with van der Waals surface area (Å²) in [6, 6.07) is 11.7. The number of carboxylic acids is 1. The van der Waals surface area contributed by atoms with E-state index in [-0.39, 0.29) is 18.2 Å². The molecule has 0 aliphatic carbocycles. The molecule has 2 aromatic rings. The quantitative estimate of drug-likeness (QED) is 0.865. The molecule has 2 heterocycles. The van der Waals surface area contributed by atoms with Crippen LogP contribution in [0.2, 0.25) is 0 Å². The molecule has 0 saturated heterocycles. The lowest BCUT2D eigenvalue weighted by Crippen LogP contribution is -2.44. The van der Waals surface area contributed by atoms with Crippen molar-refractivity contribution >= 4 is 11.9 Å². The fourth-order valence-electron chi connectivity index (χ4n) is 2.94. The van der Waals surface area contributed by atoms with Gasteiger partial charge in [0.15, 0.2) is 11.5 Å². The molecule has 1 amide bonds. The van der Waals surface area contributed by atoms with Crippen LogP contribution in [0.5, 0.6) is 17.2 Å². The summed E-state index contributed by atoms with van der Waals surface area (Å²) in [6.07, 6.45) is 0.679. The molecular formula is C20H21NO5. The topological polar surface area (TPSA) is 84.9 Å². The summed E-state index contributed by atoms with van der Waals surface area (Å²) >= 11 is 0. The van der Waals surface area contributed by atoms with E-state index in [0.717, 1.165) is 11.1 Å². The van der Waals surface area contributed by atoms with Crippen molar-refractivity contribution in [3.8, 4) is 17.2 Å². The summed E-state index contributed by atoms with van der Waals surface area (Å²) < 4.78 is 11.2. The van der Waals surface area contributed by atoms with Gasteiger partial charge in [0, 0.05) is 12.3 Å². The van der Waals surface area contributed by atoms with Gasteiger partial charge in [-0.25, -0.2) is 4.79 Å². The SMILES string of the molecule is COc1ccc2cc1Oc1ccc(cc1)CC(C)C(=O)NC(C(=O)O)C2. The predicted octanol–water partition coefficient (Wildman–Crippen LogP) is 2.79. The number of hydrogen-bond donors (Lipinski definition) is 2. The van der Waals surface area contributed by atoms with E-state index in [1.165, 1.54) is 0 Å². The van der Waals surface area contributed by atoms with Crippen molar-refractivity contribution in [2.45, 2.75) is 25.8 Å². The van der Waals surface area contributed by atoms with Crippen molar-refractivity contribution in [1.82, 2.24) is 5.32 Å². The molecule has 2 N–H and O–H groups in total. The molecule has 0 radical (unpaired) electrons. The molecule has 2 aliphatic heterocycles. The molecule has 26 heavy (non-hydrogen) atoms. The molecule has 136 valence electrons. The van der Waals surface area contributed by atoms with Gasteiger partial charge in [0.25, 0.3) is 0 Å². The highest BCUT2D eigenvalue weighted by atomic mass is 16.5. The summed E-state index contributed by atoms with van der Waals surface area (Å²) in [6.45, 7) is 1.79. The molecule has 0 saturated carbocycles. The molecular weight excluding hydrogens is 334 g/mol. The third kappa shape index (κ3) is 3.96. The Kier molecular flexibility index (Phi) is 5.11. The van der Waals surface area contributed by atoms with Crippen LogP contribution in [0.3, 0.4) is 0 Å². The number of methoxy groups -OCH3 is 1. The lowest BCUT2D eigenvalue weighted by atomic mass is 9.98. The van der Waals surface area contributed by atoms with Gasteiger partial charge in [0.05, 0.1) is 7.11 Å². The fourth-order valence-corrected chi connectivity index (χ4v) is 2.94. The van der Waals surface area contributed by atoms with Crippen LogP contribution in [-0.4, -0.2) is 30.1 Å². The first kappa shape index (κ1) is 17.8. The van der Waals surface area contributed by atoms with Gasteiger partial charge < -0.3 is 19.9 Å². The van der Waals surface area contributed by atoms with Crippen molar-refractivity contribution < 1.29 is 24.2 Å². The Balaban J connectivity index is 2.03. The van der Waals surface area contributed by atoms with Crippen molar-refractivity contribution in [3.05, 3.63) is 53.6 Å². The summed E-state index contributed by atoms with van der Waals surface area (Å²) in [4.78, 5) is 24.0. The molecule has 2 unspecified atom stereocenters. The zero-order valence-electron chi connectivity index (χ0n) is 14.7. The Morgan fingerprint density at radius 2 is 1.85 bits per heavy atom. The van der Waals surface area contributed by atoms with Crippen LogP contribution in [0, 0.1) is 5.92 Å². The summed E-state index contributed by atoms with van der Waals surface area (Å²) in [5.74, 6) is 0.0158. The zero-order valence-corrected chi connectivity index (χ0v) is 14.7. The van der Waals surface area contributed by atoms with Gasteiger partial charge in [-0.15, -0.1) is 0 Å². The number of hydrogen-bond acceptors (Lipinski definition) is 4. The maximum atomic E-state index is 12.4. The number of amides is 1. The number of carbonyl (C=O) groups is 2. The van der Waals surface area contributed by atoms with Gasteiger partial charge in [-0.05, 0) is 41.8 Å². The van der Waals surface area contributed by atoms with Crippen LogP contribution in [0.4, 0.5) is 0 Å². The van der Waals surface area contributed by atoms with E-state index in [2.05, 4.69) is 5.32 Å². The number of carbonyl (C=O) groups excluding carboxylic acids is 1. The molecule has 2 aromatic carbocycles. The average Bonchev–Trinajstić information content (AvgIpc) is 2.62. The highest BCUT2D eigenvalue weighted by molar-refractivity contribution is 5.85. The highest BCUT2D eigenvalue weighted by Crippen LogP contribution is 2.33. The number of aliphatic carboxylic acids is 1. The smallest absolute Gasteiger partial charge is 0.326 e. The minimum Gasteiger partial charge on any atom is -0.493 e. The normalized spacial score (nSPS) is 19.8. The average molecular weight is 355 g/mol. The molecule has 0 spiro atoms. The number of rotatable bonds is 2. The second-order valence-electron chi connectivity index (χ2n) is 6.44. The molecule has 2 atom stereocenters. The Morgan fingerprint density at radius 3 is 2.50 bits per heavy atom. The van der Waals surface area contributed by atoms with Gasteiger partial charge in [0.1, 0.15) is 11.8 Å². The minimum atomic E-state index is -1.07. The summed E-state index contributed by atoms with van der Waals surface area (Å²) in [5, 5.41) is 12.1. The first-order valence-corrected chi connectivity index (χ1v) is 8.43. The molecule has 4 rings (SSSR count). The molecule has 0 fully saturated rings. The lowest BCUT2D eigenvalue weighted by molar-refractivity contribution is -0.142. The monoisotopic (exact) mass is 355 g/mol. The standard InChI is InChI=1S/C20H21NO5/c1-12-9-13-3-6-15(7-4-13)26-18-11-14(5-8-17(18)25-2)10-16(20(23)24)21-19(12)22/h3-8,11-12,16H,9-10H2,1-2H3,(H,21,22)(H,23,24). The molecule has 4 bridgehead atoms. The van der Waals surface area contributed by atoms with Crippen LogP contribution < -0.4 is 14.8 Å². The van der Waals surface area contributed by atoms with E-state index in [0.29, 0.717) is 23.7 Å². The molecule has 6 nitrogen and oxygen atoms in total. The van der Waals surface area contributed by atoms with E-state index in [9.17, 15) is 14.7 Å². The van der Waals surface area contributed by atoms with Gasteiger partial charge in [-0.1, -0.05) is 25.1 Å². The van der Waals surface area contributed by atoms with E-state index >= 15 is 0 Å². The van der Waals surface area contributed by atoms with Gasteiger partial charge in [-0.3, -0.25) is 4.79 Å². The van der Waals surface area contributed by atoms with Crippen molar-refractivity contribution in [2.24, 2.45) is 5.92 Å². The number of carboxylic acid groups (broad SMARTS) is 1. The fraction of sp³-hybridized carbons (Fsp3) is 0.300. The first-order valence-electron chi connectivity index (χ1n) is 8.43. The number of fused-ring (bicyclic) bond motifs is 7. The molecule has 2 aliphatic rings. The van der Waals surface area contributed by atoms with Crippen molar-refractivity contribution in [1.29, 1.82) is 0 Å². The number of benzene rings is 2. The van der Waals surface area contributed by atoms with Crippen LogP contribution in [0.15, 0.2) is 42.5 Å². The maximum Gasteiger partial charge on any atom is 0.326 e. The molecule has 0 aromatic heterocycles. The van der Waals surface area contributed by atoms with Crippen LogP contribution in [0.25, 0.3) is 0 Å². The summed E-state index contributed by atoms with van der Waals surface area (Å²) in [7, 11) is 1.55.